The van der Waals surface area contributed by atoms with E-state index in [0.29, 0.717) is 24.9 Å². The molecule has 7 heteroatoms. The number of hydrogen-bond donors (Lipinski definition) is 2. The van der Waals surface area contributed by atoms with Crippen LogP contribution in [0, 0.1) is 11.6 Å². The summed E-state index contributed by atoms with van der Waals surface area (Å²) in [5.74, 6) is -1.92. The molecule has 2 aromatic rings. The first-order chi connectivity index (χ1) is 12.9. The predicted octanol–water partition coefficient (Wildman–Crippen LogP) is 3.18. The van der Waals surface area contributed by atoms with Crippen molar-refractivity contribution in [3.8, 4) is 0 Å². The van der Waals surface area contributed by atoms with E-state index in [1.54, 1.807) is 10.8 Å². The van der Waals surface area contributed by atoms with E-state index < -0.39 is 23.1 Å². The van der Waals surface area contributed by atoms with Crippen molar-refractivity contribution < 1.29 is 18.7 Å². The minimum absolute atomic E-state index is 0.0119. The molecule has 0 aliphatic heterocycles. The number of rotatable bonds is 6. The van der Waals surface area contributed by atoms with Crippen molar-refractivity contribution >= 4 is 5.97 Å². The highest BCUT2D eigenvalue weighted by Gasteiger charge is 2.48. The topological polar surface area (TPSA) is 67.2 Å². The van der Waals surface area contributed by atoms with Crippen LogP contribution in [0.2, 0.25) is 0 Å². The minimum Gasteiger partial charge on any atom is -0.476 e. The molecule has 2 aliphatic carbocycles. The average molecular weight is 373 g/mol. The van der Waals surface area contributed by atoms with Gasteiger partial charge < -0.3 is 10.4 Å². The highest BCUT2D eigenvalue weighted by Crippen LogP contribution is 2.47. The van der Waals surface area contributed by atoms with Crippen molar-refractivity contribution in [2.75, 3.05) is 0 Å². The fourth-order valence-corrected chi connectivity index (χ4v) is 4.13. The van der Waals surface area contributed by atoms with E-state index in [-0.39, 0.29) is 11.7 Å². The van der Waals surface area contributed by atoms with E-state index in [2.05, 4.69) is 17.0 Å². The quantitative estimate of drug-likeness (QED) is 0.764. The van der Waals surface area contributed by atoms with Crippen LogP contribution >= 0.6 is 0 Å². The third kappa shape index (κ3) is 3.16. The summed E-state index contributed by atoms with van der Waals surface area (Å²) < 4.78 is 29.6. The Morgan fingerprint density at radius 1 is 1.44 bits per heavy atom. The molecular formula is C20H21F2N3O2. The van der Waals surface area contributed by atoms with Gasteiger partial charge in [-0.25, -0.2) is 13.6 Å². The van der Waals surface area contributed by atoms with E-state index in [1.807, 2.05) is 0 Å². The van der Waals surface area contributed by atoms with Gasteiger partial charge in [0, 0.05) is 28.4 Å². The van der Waals surface area contributed by atoms with Gasteiger partial charge in [0.1, 0.15) is 11.6 Å². The van der Waals surface area contributed by atoms with Crippen molar-refractivity contribution in [3.63, 3.8) is 0 Å². The Morgan fingerprint density at radius 2 is 2.22 bits per heavy atom. The van der Waals surface area contributed by atoms with Crippen LogP contribution in [-0.4, -0.2) is 26.9 Å². The first-order valence-electron chi connectivity index (χ1n) is 9.09. The van der Waals surface area contributed by atoms with Gasteiger partial charge in [-0.15, -0.1) is 6.58 Å². The van der Waals surface area contributed by atoms with Crippen LogP contribution in [0.4, 0.5) is 8.78 Å². The summed E-state index contributed by atoms with van der Waals surface area (Å²) in [5.41, 5.74) is 1.51. The molecule has 0 saturated heterocycles. The number of carboxylic acids is 1. The van der Waals surface area contributed by atoms with E-state index >= 15 is 0 Å². The first-order valence-corrected chi connectivity index (χ1v) is 9.09. The molecule has 142 valence electrons. The predicted molar refractivity (Wildman–Crippen MR) is 95.6 cm³/mol. The molecule has 4 rings (SSSR count). The molecule has 0 radical (unpaired) electrons. The monoisotopic (exact) mass is 373 g/mol. The number of nitrogens with one attached hydrogen (secondary N) is 1. The number of aromatic carboxylic acids is 1. The Labute approximate surface area is 155 Å². The number of hydrogen-bond acceptors (Lipinski definition) is 3. The molecule has 0 unspecified atom stereocenters. The van der Waals surface area contributed by atoms with E-state index in [0.717, 1.165) is 42.7 Å². The lowest BCUT2D eigenvalue weighted by Gasteiger charge is -2.29. The first kappa shape index (κ1) is 17.9. The van der Waals surface area contributed by atoms with Gasteiger partial charge in [-0.3, -0.25) is 4.68 Å². The number of carbonyl (C=O) groups is 1. The zero-order valence-electron chi connectivity index (χ0n) is 14.8. The van der Waals surface area contributed by atoms with Gasteiger partial charge in [0.2, 0.25) is 0 Å². The van der Waals surface area contributed by atoms with Gasteiger partial charge in [-0.2, -0.15) is 5.10 Å². The van der Waals surface area contributed by atoms with Crippen LogP contribution in [0.1, 0.15) is 46.6 Å². The molecule has 2 aliphatic rings. The summed E-state index contributed by atoms with van der Waals surface area (Å²) in [7, 11) is 0. The van der Waals surface area contributed by atoms with Crippen molar-refractivity contribution in [2.24, 2.45) is 0 Å². The largest absolute Gasteiger partial charge is 0.476 e. The third-order valence-corrected chi connectivity index (χ3v) is 5.53. The van der Waals surface area contributed by atoms with Gasteiger partial charge in [0.05, 0.1) is 6.54 Å². The number of allylic oxidation sites excluding steroid dienone is 1. The number of fused-ring (bicyclic) bond motifs is 1. The summed E-state index contributed by atoms with van der Waals surface area (Å²) >= 11 is 0. The second-order valence-electron chi connectivity index (χ2n) is 7.34. The lowest BCUT2D eigenvalue weighted by Crippen LogP contribution is -2.42. The number of benzene rings is 1. The molecule has 5 nitrogen and oxygen atoms in total. The average Bonchev–Trinajstić information content (AvgIpc) is 3.32. The maximum Gasteiger partial charge on any atom is 0.356 e. The maximum absolute atomic E-state index is 14.2. The van der Waals surface area contributed by atoms with E-state index in [9.17, 15) is 18.7 Å². The third-order valence-electron chi connectivity index (χ3n) is 5.53. The van der Waals surface area contributed by atoms with Crippen molar-refractivity contribution in [2.45, 2.75) is 50.2 Å². The van der Waals surface area contributed by atoms with E-state index in [1.165, 1.54) is 6.07 Å². The zero-order valence-corrected chi connectivity index (χ0v) is 14.8. The lowest BCUT2D eigenvalue weighted by molar-refractivity contribution is 0.0688. The number of halogens is 2. The molecule has 0 spiro atoms. The number of nitrogens with zero attached hydrogens (tertiary/aromatic N) is 2. The van der Waals surface area contributed by atoms with Gasteiger partial charge in [0.15, 0.2) is 5.69 Å². The van der Waals surface area contributed by atoms with Crippen LogP contribution in [-0.2, 0) is 24.9 Å². The molecule has 1 saturated carbocycles. The van der Waals surface area contributed by atoms with Crippen LogP contribution in [0.15, 0.2) is 30.9 Å². The van der Waals surface area contributed by atoms with Crippen LogP contribution in [0.5, 0.6) is 0 Å². The molecule has 1 aromatic heterocycles. The Kier molecular flexibility index (Phi) is 4.34. The smallest absolute Gasteiger partial charge is 0.356 e. The van der Waals surface area contributed by atoms with Gasteiger partial charge in [-0.1, -0.05) is 6.08 Å². The molecule has 1 fully saturated rings. The highest BCUT2D eigenvalue weighted by molar-refractivity contribution is 5.87. The van der Waals surface area contributed by atoms with Gasteiger partial charge in [-0.05, 0) is 50.3 Å². The minimum atomic E-state index is -1.05. The van der Waals surface area contributed by atoms with Crippen LogP contribution < -0.4 is 5.32 Å². The Balaban J connectivity index is 1.59. The Bertz CT molecular complexity index is 918. The summed E-state index contributed by atoms with van der Waals surface area (Å²) in [6.07, 6.45) is 5.13. The second kappa shape index (κ2) is 6.56. The fourth-order valence-electron chi connectivity index (χ4n) is 4.13. The summed E-state index contributed by atoms with van der Waals surface area (Å²) in [4.78, 5) is 11.6. The summed E-state index contributed by atoms with van der Waals surface area (Å²) in [6.45, 7) is 4.16. The molecular weight excluding hydrogens is 352 g/mol. The SMILES string of the molecule is C=CCn1nc(C(=O)O)c2c1CC[C@H](NC1(c3cc(F)ccc3F)CC1)C2. The summed E-state index contributed by atoms with van der Waals surface area (Å²) in [6, 6.07) is 3.53. The number of aromatic nitrogens is 2. The van der Waals surface area contributed by atoms with Crippen LogP contribution in [0.25, 0.3) is 0 Å². The van der Waals surface area contributed by atoms with Crippen LogP contribution in [0.3, 0.4) is 0 Å². The molecule has 0 amide bonds. The van der Waals surface area contributed by atoms with Gasteiger partial charge in [0.25, 0.3) is 0 Å². The van der Waals surface area contributed by atoms with E-state index in [4.69, 9.17) is 0 Å². The Hall–Kier alpha value is -2.54. The normalized spacial score (nSPS) is 20.1. The molecule has 27 heavy (non-hydrogen) atoms. The molecule has 1 heterocycles. The van der Waals surface area contributed by atoms with Crippen molar-refractivity contribution in [3.05, 3.63) is 65.0 Å². The summed E-state index contributed by atoms with van der Waals surface area (Å²) in [5, 5.41) is 17.2. The lowest BCUT2D eigenvalue weighted by atomic mass is 9.89. The Morgan fingerprint density at radius 3 is 2.89 bits per heavy atom. The molecule has 0 bridgehead atoms. The van der Waals surface area contributed by atoms with Gasteiger partial charge >= 0.3 is 5.97 Å². The fraction of sp³-hybridized carbons (Fsp3) is 0.400. The van der Waals surface area contributed by atoms with Crippen molar-refractivity contribution in [1.29, 1.82) is 0 Å². The standard InChI is InChI=1S/C20H21F2N3O2/c1-2-9-25-17-6-4-13(11-14(17)18(24-25)19(26)27)23-20(7-8-20)15-10-12(21)3-5-16(15)22/h2-3,5,10,13,23H,1,4,6-9,11H2,(H,26,27)/t13-/m0/s1. The number of carboxylic acid groups (broad SMARTS) is 1. The molecule has 1 aromatic carbocycles. The molecule has 2 N–H and O–H groups in total. The molecule has 1 atom stereocenters. The zero-order chi connectivity index (χ0) is 19.2. The second-order valence-corrected chi connectivity index (χ2v) is 7.34. The van der Waals surface area contributed by atoms with Crippen molar-refractivity contribution in [1.82, 2.24) is 15.1 Å². The maximum atomic E-state index is 14.2. The highest BCUT2D eigenvalue weighted by atomic mass is 19.1.